The van der Waals surface area contributed by atoms with Gasteiger partial charge in [-0.1, -0.05) is 36.4 Å². The predicted molar refractivity (Wildman–Crippen MR) is 76.9 cm³/mol. The third-order valence-corrected chi connectivity index (χ3v) is 3.68. The van der Waals surface area contributed by atoms with Crippen molar-refractivity contribution in [2.24, 2.45) is 0 Å². The Morgan fingerprint density at radius 2 is 1.79 bits per heavy atom. The van der Waals surface area contributed by atoms with Crippen LogP contribution < -0.4 is 0 Å². The van der Waals surface area contributed by atoms with Gasteiger partial charge in [-0.05, 0) is 24.5 Å². The highest BCUT2D eigenvalue weighted by atomic mass is 16.5. The van der Waals surface area contributed by atoms with Gasteiger partial charge >= 0.3 is 0 Å². The maximum atomic E-state index is 6.04. The minimum atomic E-state index is 0.819. The summed E-state index contributed by atoms with van der Waals surface area (Å²) in [5.41, 5.74) is 4.31. The molecule has 0 saturated carbocycles. The van der Waals surface area contributed by atoms with Crippen molar-refractivity contribution in [1.82, 2.24) is 0 Å². The van der Waals surface area contributed by atoms with Gasteiger partial charge < -0.3 is 9.15 Å². The van der Waals surface area contributed by atoms with E-state index in [-0.39, 0.29) is 0 Å². The Hall–Kier alpha value is -2.22. The molecule has 0 spiro atoms. The van der Waals surface area contributed by atoms with E-state index in [4.69, 9.17) is 9.15 Å². The van der Waals surface area contributed by atoms with E-state index in [1.807, 2.05) is 24.5 Å². The van der Waals surface area contributed by atoms with Crippen molar-refractivity contribution >= 4 is 27.5 Å². The molecule has 0 unspecified atom stereocenters. The van der Waals surface area contributed by atoms with E-state index in [9.17, 15) is 0 Å². The van der Waals surface area contributed by atoms with E-state index >= 15 is 0 Å². The summed E-state index contributed by atoms with van der Waals surface area (Å²) in [6.45, 7) is 0.819. The Labute approximate surface area is 111 Å². The predicted octanol–water partition coefficient (Wildman–Crippen LogP) is 4.74. The number of ether oxygens (including phenoxy) is 1. The molecule has 0 saturated heterocycles. The van der Waals surface area contributed by atoms with Crippen LogP contribution >= 0.6 is 0 Å². The monoisotopic (exact) mass is 250 g/mol. The zero-order valence-corrected chi connectivity index (χ0v) is 10.6. The summed E-state index contributed by atoms with van der Waals surface area (Å²) in [6.07, 6.45) is 4.00. The van der Waals surface area contributed by atoms with E-state index in [0.29, 0.717) is 0 Å². The van der Waals surface area contributed by atoms with Crippen molar-refractivity contribution in [1.29, 1.82) is 0 Å². The van der Waals surface area contributed by atoms with E-state index in [2.05, 4.69) is 24.3 Å². The molecule has 19 heavy (non-hydrogen) atoms. The van der Waals surface area contributed by atoms with Gasteiger partial charge in [-0.2, -0.15) is 0 Å². The van der Waals surface area contributed by atoms with E-state index in [1.54, 1.807) is 0 Å². The third kappa shape index (κ3) is 1.64. The highest BCUT2D eigenvalue weighted by Gasteiger charge is 2.14. The van der Waals surface area contributed by atoms with E-state index in [0.717, 1.165) is 36.2 Å². The molecule has 3 aromatic rings. The summed E-state index contributed by atoms with van der Waals surface area (Å²) in [5.74, 6) is 0. The van der Waals surface area contributed by atoms with Gasteiger partial charge in [-0.15, -0.1) is 0 Å². The van der Waals surface area contributed by atoms with Crippen molar-refractivity contribution in [2.75, 3.05) is 6.61 Å². The lowest BCUT2D eigenvalue weighted by Gasteiger charge is -2.13. The molecule has 0 bridgehead atoms. The first-order chi connectivity index (χ1) is 9.43. The Morgan fingerprint density at radius 1 is 0.895 bits per heavy atom. The fraction of sp³-hybridized carbons (Fsp3) is 0.176. The van der Waals surface area contributed by atoms with Crippen LogP contribution in [0.4, 0.5) is 0 Å². The molecule has 0 N–H and O–H groups in total. The van der Waals surface area contributed by atoms with Crippen molar-refractivity contribution in [3.8, 4) is 0 Å². The molecule has 1 aliphatic rings. The molecule has 0 fully saturated rings. The van der Waals surface area contributed by atoms with Gasteiger partial charge in [0.2, 0.25) is 0 Å². The van der Waals surface area contributed by atoms with E-state index in [1.165, 1.54) is 16.3 Å². The second kappa shape index (κ2) is 4.16. The molecule has 2 heteroatoms. The van der Waals surface area contributed by atoms with Gasteiger partial charge in [0.1, 0.15) is 11.2 Å². The van der Waals surface area contributed by atoms with Crippen LogP contribution in [0.5, 0.6) is 0 Å². The fourth-order valence-electron chi connectivity index (χ4n) is 2.76. The second-order valence-electron chi connectivity index (χ2n) is 4.90. The van der Waals surface area contributed by atoms with Crippen LogP contribution in [0.15, 0.2) is 53.1 Å². The van der Waals surface area contributed by atoms with Crippen molar-refractivity contribution in [3.63, 3.8) is 0 Å². The summed E-state index contributed by atoms with van der Waals surface area (Å²) >= 11 is 0. The maximum absolute atomic E-state index is 6.04. The SMILES string of the molecule is C1=C(c2cccc3c2oc2ccccc23)CCCO1. The zero-order valence-electron chi connectivity index (χ0n) is 10.6. The van der Waals surface area contributed by atoms with Crippen LogP contribution in [0.1, 0.15) is 18.4 Å². The topological polar surface area (TPSA) is 22.4 Å². The lowest BCUT2D eigenvalue weighted by Crippen LogP contribution is -1.98. The summed E-state index contributed by atoms with van der Waals surface area (Å²) in [6, 6.07) is 14.5. The van der Waals surface area contributed by atoms with Gasteiger partial charge in [0.05, 0.1) is 12.9 Å². The molecule has 0 amide bonds. The van der Waals surface area contributed by atoms with Gasteiger partial charge in [-0.25, -0.2) is 0 Å². The van der Waals surface area contributed by atoms with Crippen LogP contribution in [-0.4, -0.2) is 6.61 Å². The lowest BCUT2D eigenvalue weighted by molar-refractivity contribution is 0.235. The molecule has 0 radical (unpaired) electrons. The molecule has 1 aliphatic heterocycles. The minimum absolute atomic E-state index is 0.819. The normalized spacial score (nSPS) is 15.5. The van der Waals surface area contributed by atoms with Crippen molar-refractivity contribution in [3.05, 3.63) is 54.3 Å². The maximum Gasteiger partial charge on any atom is 0.143 e. The summed E-state index contributed by atoms with van der Waals surface area (Å²) in [5, 5.41) is 2.36. The first kappa shape index (κ1) is 10.7. The van der Waals surface area contributed by atoms with Crippen LogP contribution in [0.2, 0.25) is 0 Å². The summed E-state index contributed by atoms with van der Waals surface area (Å²) in [4.78, 5) is 0. The number of para-hydroxylation sites is 2. The molecule has 2 aromatic carbocycles. The van der Waals surface area contributed by atoms with E-state index < -0.39 is 0 Å². The Morgan fingerprint density at radius 3 is 2.68 bits per heavy atom. The molecule has 4 rings (SSSR count). The molecule has 2 heterocycles. The van der Waals surface area contributed by atoms with Crippen LogP contribution in [0.25, 0.3) is 27.5 Å². The smallest absolute Gasteiger partial charge is 0.143 e. The fourth-order valence-corrected chi connectivity index (χ4v) is 2.76. The summed E-state index contributed by atoms with van der Waals surface area (Å²) < 4.78 is 11.5. The van der Waals surface area contributed by atoms with Crippen LogP contribution in [-0.2, 0) is 4.74 Å². The van der Waals surface area contributed by atoms with Crippen molar-refractivity contribution < 1.29 is 9.15 Å². The molecule has 0 aliphatic carbocycles. The Bertz CT molecular complexity index is 780. The molecule has 0 atom stereocenters. The zero-order chi connectivity index (χ0) is 12.7. The Kier molecular flexibility index (Phi) is 2.34. The molecular weight excluding hydrogens is 236 g/mol. The van der Waals surface area contributed by atoms with Crippen molar-refractivity contribution in [2.45, 2.75) is 12.8 Å². The van der Waals surface area contributed by atoms with Crippen LogP contribution in [0.3, 0.4) is 0 Å². The largest absolute Gasteiger partial charge is 0.501 e. The van der Waals surface area contributed by atoms with Gasteiger partial charge in [0, 0.05) is 16.3 Å². The van der Waals surface area contributed by atoms with Gasteiger partial charge in [-0.3, -0.25) is 0 Å². The quantitative estimate of drug-likeness (QED) is 0.622. The number of rotatable bonds is 1. The first-order valence-electron chi connectivity index (χ1n) is 6.65. The highest BCUT2D eigenvalue weighted by molar-refractivity contribution is 6.08. The van der Waals surface area contributed by atoms with Crippen LogP contribution in [0, 0.1) is 0 Å². The standard InChI is InChI=1S/C17H14O2/c1-2-9-16-14(6-1)15-8-3-7-13(17(15)19-16)12-5-4-10-18-11-12/h1-3,6-9,11H,4-5,10H2. The number of fused-ring (bicyclic) bond motifs is 3. The van der Waals surface area contributed by atoms with Gasteiger partial charge in [0.15, 0.2) is 0 Å². The molecule has 94 valence electrons. The second-order valence-corrected chi connectivity index (χ2v) is 4.90. The lowest BCUT2D eigenvalue weighted by atomic mass is 9.99. The first-order valence-corrected chi connectivity index (χ1v) is 6.65. The highest BCUT2D eigenvalue weighted by Crippen LogP contribution is 2.35. The number of furan rings is 1. The number of hydrogen-bond donors (Lipinski definition) is 0. The minimum Gasteiger partial charge on any atom is -0.501 e. The number of hydrogen-bond acceptors (Lipinski definition) is 2. The average Bonchev–Trinajstić information content (AvgIpc) is 2.87. The Balaban J connectivity index is 2.03. The molecular formula is C17H14O2. The number of benzene rings is 2. The molecule has 1 aromatic heterocycles. The van der Waals surface area contributed by atoms with Gasteiger partial charge in [0.25, 0.3) is 0 Å². The third-order valence-electron chi connectivity index (χ3n) is 3.68. The number of allylic oxidation sites excluding steroid dienone is 1. The summed E-state index contributed by atoms with van der Waals surface area (Å²) in [7, 11) is 0. The molecule has 2 nitrogen and oxygen atoms in total. The average molecular weight is 250 g/mol.